The molecule has 0 saturated carbocycles. The molecule has 0 saturated heterocycles. The molecule has 2 heterocycles. The Labute approximate surface area is 178 Å². The highest BCUT2D eigenvalue weighted by Gasteiger charge is 2.20. The van der Waals surface area contributed by atoms with Crippen LogP contribution >= 0.6 is 0 Å². The lowest BCUT2D eigenvalue weighted by atomic mass is 10.1. The standard InChI is InChI=1S/C23H21N5O3/c1-14(2)27-22-19(13-24-27)18(12-21(25-22)16-7-5-4-6-8-16)23(29)26-20-11-17(28(30)31)10-9-15(20)3/h4-14H,1-3H3,(H,26,29). The highest BCUT2D eigenvalue weighted by Crippen LogP contribution is 2.28. The maximum Gasteiger partial charge on any atom is 0.271 e. The number of carbonyl (C=O) groups is 1. The summed E-state index contributed by atoms with van der Waals surface area (Å²) in [5.41, 5.74) is 3.57. The number of hydrogen-bond donors (Lipinski definition) is 1. The van der Waals surface area contributed by atoms with Gasteiger partial charge in [-0.1, -0.05) is 36.4 Å². The Morgan fingerprint density at radius 3 is 2.55 bits per heavy atom. The van der Waals surface area contributed by atoms with Crippen LogP contribution in [-0.4, -0.2) is 25.6 Å². The molecule has 2 aromatic carbocycles. The Morgan fingerprint density at radius 1 is 1.13 bits per heavy atom. The number of nitrogens with zero attached hydrogens (tertiary/aromatic N) is 4. The number of pyridine rings is 1. The molecule has 8 heteroatoms. The topological polar surface area (TPSA) is 103 Å². The van der Waals surface area contributed by atoms with Gasteiger partial charge in [-0.3, -0.25) is 14.9 Å². The fraction of sp³-hybridized carbons (Fsp3) is 0.174. The lowest BCUT2D eigenvalue weighted by Crippen LogP contribution is -2.14. The molecular formula is C23H21N5O3. The van der Waals surface area contributed by atoms with Crippen molar-refractivity contribution in [2.24, 2.45) is 0 Å². The van der Waals surface area contributed by atoms with Gasteiger partial charge in [0, 0.05) is 23.7 Å². The van der Waals surface area contributed by atoms with Crippen molar-refractivity contribution in [1.82, 2.24) is 14.8 Å². The summed E-state index contributed by atoms with van der Waals surface area (Å²) in [6.07, 6.45) is 1.63. The summed E-state index contributed by atoms with van der Waals surface area (Å²) in [5.74, 6) is -0.378. The van der Waals surface area contributed by atoms with Crippen LogP contribution < -0.4 is 5.32 Å². The first-order valence-corrected chi connectivity index (χ1v) is 9.85. The average Bonchev–Trinajstić information content (AvgIpc) is 3.19. The van der Waals surface area contributed by atoms with E-state index in [2.05, 4.69) is 10.4 Å². The smallest absolute Gasteiger partial charge is 0.271 e. The van der Waals surface area contributed by atoms with E-state index in [1.807, 2.05) is 44.2 Å². The second-order valence-corrected chi connectivity index (χ2v) is 7.55. The lowest BCUT2D eigenvalue weighted by molar-refractivity contribution is -0.384. The summed E-state index contributed by atoms with van der Waals surface area (Å²) < 4.78 is 1.77. The second-order valence-electron chi connectivity index (χ2n) is 7.55. The van der Waals surface area contributed by atoms with E-state index in [1.165, 1.54) is 12.1 Å². The summed E-state index contributed by atoms with van der Waals surface area (Å²) in [7, 11) is 0. The van der Waals surface area contributed by atoms with Crippen LogP contribution in [0.25, 0.3) is 22.3 Å². The molecular weight excluding hydrogens is 394 g/mol. The molecule has 1 N–H and O–H groups in total. The van der Waals surface area contributed by atoms with E-state index in [-0.39, 0.29) is 17.6 Å². The van der Waals surface area contributed by atoms with E-state index >= 15 is 0 Å². The van der Waals surface area contributed by atoms with E-state index in [1.54, 1.807) is 29.9 Å². The second kappa shape index (κ2) is 7.98. The van der Waals surface area contributed by atoms with Crippen LogP contribution in [0.5, 0.6) is 0 Å². The molecule has 0 bridgehead atoms. The van der Waals surface area contributed by atoms with Gasteiger partial charge in [-0.2, -0.15) is 5.10 Å². The minimum Gasteiger partial charge on any atom is -0.321 e. The number of aryl methyl sites for hydroxylation is 1. The number of nitro benzene ring substituents is 1. The minimum atomic E-state index is -0.486. The number of hydrogen-bond acceptors (Lipinski definition) is 5. The number of amides is 1. The van der Waals surface area contributed by atoms with Crippen LogP contribution in [0, 0.1) is 17.0 Å². The molecule has 0 aliphatic carbocycles. The van der Waals surface area contributed by atoms with Crippen LogP contribution in [0.4, 0.5) is 11.4 Å². The average molecular weight is 415 g/mol. The summed E-state index contributed by atoms with van der Waals surface area (Å²) in [6, 6.07) is 15.8. The van der Waals surface area contributed by atoms with Gasteiger partial charge in [0.05, 0.1) is 33.5 Å². The third-order valence-electron chi connectivity index (χ3n) is 5.05. The summed E-state index contributed by atoms with van der Waals surface area (Å²) in [6.45, 7) is 5.78. The lowest BCUT2D eigenvalue weighted by Gasteiger charge is -2.12. The van der Waals surface area contributed by atoms with Crippen molar-refractivity contribution in [3.05, 3.63) is 82.0 Å². The number of anilines is 1. The van der Waals surface area contributed by atoms with Crippen molar-refractivity contribution in [3.8, 4) is 11.3 Å². The molecule has 8 nitrogen and oxygen atoms in total. The molecule has 0 atom stereocenters. The first-order chi connectivity index (χ1) is 14.8. The minimum absolute atomic E-state index is 0.0611. The number of nitrogens with one attached hydrogen (secondary N) is 1. The number of non-ortho nitro benzene ring substituents is 1. The van der Waals surface area contributed by atoms with E-state index in [0.717, 1.165) is 11.1 Å². The van der Waals surface area contributed by atoms with E-state index in [9.17, 15) is 14.9 Å². The van der Waals surface area contributed by atoms with Crippen molar-refractivity contribution < 1.29 is 9.72 Å². The van der Waals surface area contributed by atoms with Crippen LogP contribution in [-0.2, 0) is 0 Å². The molecule has 4 rings (SSSR count). The monoisotopic (exact) mass is 415 g/mol. The fourth-order valence-corrected chi connectivity index (χ4v) is 3.39. The highest BCUT2D eigenvalue weighted by atomic mass is 16.6. The Hall–Kier alpha value is -4.07. The SMILES string of the molecule is Cc1ccc([N+](=O)[O-])cc1NC(=O)c1cc(-c2ccccc2)nc2c1cnn2C(C)C. The normalized spacial score (nSPS) is 11.1. The first-order valence-electron chi connectivity index (χ1n) is 9.85. The van der Waals surface area contributed by atoms with Crippen molar-refractivity contribution in [2.75, 3.05) is 5.32 Å². The van der Waals surface area contributed by atoms with Gasteiger partial charge in [0.2, 0.25) is 0 Å². The number of aromatic nitrogens is 3. The zero-order valence-electron chi connectivity index (χ0n) is 17.4. The van der Waals surface area contributed by atoms with Gasteiger partial charge in [-0.05, 0) is 32.4 Å². The Bertz CT molecular complexity index is 1300. The van der Waals surface area contributed by atoms with E-state index in [4.69, 9.17) is 4.98 Å². The van der Waals surface area contributed by atoms with Gasteiger partial charge in [-0.15, -0.1) is 0 Å². The maximum atomic E-state index is 13.3. The molecule has 156 valence electrons. The summed E-state index contributed by atoms with van der Waals surface area (Å²) >= 11 is 0. The number of carbonyl (C=O) groups excluding carboxylic acids is 1. The van der Waals surface area contributed by atoms with Crippen molar-refractivity contribution in [2.45, 2.75) is 26.8 Å². The Kier molecular flexibility index (Phi) is 5.21. The van der Waals surface area contributed by atoms with Gasteiger partial charge in [-0.25, -0.2) is 9.67 Å². The Morgan fingerprint density at radius 2 is 1.87 bits per heavy atom. The molecule has 4 aromatic rings. The van der Waals surface area contributed by atoms with Crippen molar-refractivity contribution in [3.63, 3.8) is 0 Å². The summed E-state index contributed by atoms with van der Waals surface area (Å²) in [5, 5.41) is 19.0. The summed E-state index contributed by atoms with van der Waals surface area (Å²) in [4.78, 5) is 28.7. The molecule has 0 aliphatic rings. The molecule has 0 unspecified atom stereocenters. The van der Waals surface area contributed by atoms with E-state index < -0.39 is 4.92 Å². The zero-order valence-corrected chi connectivity index (χ0v) is 17.4. The van der Waals surface area contributed by atoms with E-state index in [0.29, 0.717) is 28.0 Å². The van der Waals surface area contributed by atoms with Gasteiger partial charge in [0.25, 0.3) is 11.6 Å². The van der Waals surface area contributed by atoms with Crippen LogP contribution in [0.1, 0.15) is 35.8 Å². The largest absolute Gasteiger partial charge is 0.321 e. The predicted molar refractivity (Wildman–Crippen MR) is 119 cm³/mol. The molecule has 0 fully saturated rings. The Balaban J connectivity index is 1.84. The van der Waals surface area contributed by atoms with Crippen LogP contribution in [0.15, 0.2) is 60.8 Å². The third kappa shape index (κ3) is 3.87. The van der Waals surface area contributed by atoms with Crippen LogP contribution in [0.2, 0.25) is 0 Å². The molecule has 1 amide bonds. The quantitative estimate of drug-likeness (QED) is 0.359. The zero-order chi connectivity index (χ0) is 22.1. The number of fused-ring (bicyclic) bond motifs is 1. The van der Waals surface area contributed by atoms with Gasteiger partial charge < -0.3 is 5.32 Å². The van der Waals surface area contributed by atoms with Crippen molar-refractivity contribution >= 4 is 28.3 Å². The fourth-order valence-electron chi connectivity index (χ4n) is 3.39. The molecule has 31 heavy (non-hydrogen) atoms. The van der Waals surface area contributed by atoms with Crippen molar-refractivity contribution in [1.29, 1.82) is 0 Å². The molecule has 2 aromatic heterocycles. The molecule has 0 spiro atoms. The number of rotatable bonds is 5. The molecule has 0 aliphatic heterocycles. The van der Waals surface area contributed by atoms with Crippen LogP contribution in [0.3, 0.4) is 0 Å². The number of nitro groups is 1. The maximum absolute atomic E-state index is 13.3. The van der Waals surface area contributed by atoms with Gasteiger partial charge in [0.15, 0.2) is 5.65 Å². The number of benzene rings is 2. The van der Waals surface area contributed by atoms with Gasteiger partial charge in [0.1, 0.15) is 0 Å². The predicted octanol–water partition coefficient (Wildman–Crippen LogP) is 5.15. The molecule has 0 radical (unpaired) electrons. The van der Waals surface area contributed by atoms with Gasteiger partial charge >= 0.3 is 0 Å². The third-order valence-corrected chi connectivity index (χ3v) is 5.05. The first kappa shape index (κ1) is 20.2. The highest BCUT2D eigenvalue weighted by molar-refractivity contribution is 6.13.